The van der Waals surface area contributed by atoms with E-state index in [1.807, 2.05) is 48.5 Å². The second-order valence-corrected chi connectivity index (χ2v) is 5.41. The van der Waals surface area contributed by atoms with Crippen LogP contribution in [0.1, 0.15) is 0 Å². The summed E-state index contributed by atoms with van der Waals surface area (Å²) in [4.78, 5) is 4.50. The van der Waals surface area contributed by atoms with Gasteiger partial charge in [0.05, 0.1) is 7.11 Å². The SMILES string of the molecule is COc1cccc(-c2nc3ccc(-c4ccccc4F)cc3o2)c1. The highest BCUT2D eigenvalue weighted by molar-refractivity contribution is 5.82. The quantitative estimate of drug-likeness (QED) is 0.513. The van der Waals surface area contributed by atoms with Gasteiger partial charge in [-0.25, -0.2) is 9.37 Å². The van der Waals surface area contributed by atoms with Crippen molar-refractivity contribution >= 4 is 11.1 Å². The normalized spacial score (nSPS) is 10.9. The Morgan fingerprint density at radius 3 is 2.62 bits per heavy atom. The zero-order chi connectivity index (χ0) is 16.5. The van der Waals surface area contributed by atoms with Gasteiger partial charge >= 0.3 is 0 Å². The monoisotopic (exact) mass is 319 g/mol. The molecular weight excluding hydrogens is 305 g/mol. The second kappa shape index (κ2) is 5.81. The third-order valence-electron chi connectivity index (χ3n) is 3.89. The van der Waals surface area contributed by atoms with Crippen molar-refractivity contribution in [1.29, 1.82) is 0 Å². The molecule has 0 radical (unpaired) electrons. The van der Waals surface area contributed by atoms with Crippen molar-refractivity contribution in [2.75, 3.05) is 7.11 Å². The molecule has 0 fully saturated rings. The Kier molecular flexibility index (Phi) is 3.50. The molecule has 3 aromatic carbocycles. The molecule has 0 spiro atoms. The average Bonchev–Trinajstić information content (AvgIpc) is 3.05. The van der Waals surface area contributed by atoms with E-state index in [0.717, 1.165) is 22.4 Å². The van der Waals surface area contributed by atoms with E-state index in [9.17, 15) is 4.39 Å². The van der Waals surface area contributed by atoms with Crippen molar-refractivity contribution in [3.8, 4) is 28.3 Å². The maximum atomic E-state index is 14.0. The lowest BCUT2D eigenvalue weighted by molar-refractivity contribution is 0.415. The minimum atomic E-state index is -0.260. The number of hydrogen-bond acceptors (Lipinski definition) is 3. The molecular formula is C20H14FNO2. The molecule has 4 aromatic rings. The van der Waals surface area contributed by atoms with Crippen LogP contribution in [0.5, 0.6) is 5.75 Å². The van der Waals surface area contributed by atoms with Gasteiger partial charge in [-0.1, -0.05) is 30.3 Å². The lowest BCUT2D eigenvalue weighted by atomic mass is 10.1. The number of nitrogens with zero attached hydrogens (tertiary/aromatic N) is 1. The van der Waals surface area contributed by atoms with Gasteiger partial charge in [-0.05, 0) is 42.0 Å². The molecule has 3 nitrogen and oxygen atoms in total. The predicted octanol–water partition coefficient (Wildman–Crippen LogP) is 5.31. The number of rotatable bonds is 3. The van der Waals surface area contributed by atoms with Crippen LogP contribution in [0.4, 0.5) is 4.39 Å². The molecule has 0 bridgehead atoms. The topological polar surface area (TPSA) is 35.3 Å². The minimum Gasteiger partial charge on any atom is -0.497 e. The molecule has 4 heteroatoms. The molecule has 4 rings (SSSR count). The molecule has 0 amide bonds. The van der Waals surface area contributed by atoms with E-state index in [0.29, 0.717) is 17.0 Å². The Morgan fingerprint density at radius 2 is 1.79 bits per heavy atom. The number of ether oxygens (including phenoxy) is 1. The Hall–Kier alpha value is -3.14. The minimum absolute atomic E-state index is 0.260. The first-order valence-corrected chi connectivity index (χ1v) is 7.54. The van der Waals surface area contributed by atoms with Crippen molar-refractivity contribution < 1.29 is 13.5 Å². The number of aromatic nitrogens is 1. The number of oxazole rings is 1. The highest BCUT2D eigenvalue weighted by Crippen LogP contribution is 2.30. The Balaban J connectivity index is 1.80. The first-order chi connectivity index (χ1) is 11.7. The summed E-state index contributed by atoms with van der Waals surface area (Å²) in [5.41, 5.74) is 3.48. The number of hydrogen-bond donors (Lipinski definition) is 0. The third kappa shape index (κ3) is 2.52. The summed E-state index contributed by atoms with van der Waals surface area (Å²) in [6.45, 7) is 0. The van der Waals surface area contributed by atoms with Gasteiger partial charge in [0.1, 0.15) is 17.1 Å². The van der Waals surface area contributed by atoms with Crippen LogP contribution >= 0.6 is 0 Å². The van der Waals surface area contributed by atoms with Gasteiger partial charge in [0.25, 0.3) is 0 Å². The fourth-order valence-corrected chi connectivity index (χ4v) is 2.67. The predicted molar refractivity (Wildman–Crippen MR) is 91.4 cm³/mol. The van der Waals surface area contributed by atoms with Gasteiger partial charge in [0.2, 0.25) is 5.89 Å². The summed E-state index contributed by atoms with van der Waals surface area (Å²) in [7, 11) is 1.62. The summed E-state index contributed by atoms with van der Waals surface area (Å²) in [5, 5.41) is 0. The molecule has 24 heavy (non-hydrogen) atoms. The molecule has 0 aliphatic rings. The lowest BCUT2D eigenvalue weighted by Gasteiger charge is -2.02. The standard InChI is InChI=1S/C20H14FNO2/c1-23-15-6-4-5-14(11-15)20-22-18-10-9-13(12-19(18)24-20)16-7-2-3-8-17(16)21/h2-12H,1H3. The summed E-state index contributed by atoms with van der Waals surface area (Å²) >= 11 is 0. The molecule has 1 aromatic heterocycles. The Morgan fingerprint density at radius 1 is 0.917 bits per heavy atom. The molecule has 0 atom stereocenters. The van der Waals surface area contributed by atoms with Crippen LogP contribution < -0.4 is 4.74 Å². The van der Waals surface area contributed by atoms with Crippen LogP contribution in [0.25, 0.3) is 33.7 Å². The van der Waals surface area contributed by atoms with Crippen LogP contribution in [-0.4, -0.2) is 12.1 Å². The lowest BCUT2D eigenvalue weighted by Crippen LogP contribution is -1.83. The van der Waals surface area contributed by atoms with Crippen LogP contribution in [0.2, 0.25) is 0 Å². The fraction of sp³-hybridized carbons (Fsp3) is 0.0500. The van der Waals surface area contributed by atoms with Gasteiger partial charge in [-0.3, -0.25) is 0 Å². The molecule has 1 heterocycles. The molecule has 0 unspecified atom stereocenters. The van der Waals surface area contributed by atoms with Gasteiger partial charge in [-0.15, -0.1) is 0 Å². The smallest absolute Gasteiger partial charge is 0.227 e. The van der Waals surface area contributed by atoms with E-state index in [-0.39, 0.29) is 5.82 Å². The van der Waals surface area contributed by atoms with Gasteiger partial charge in [0, 0.05) is 11.1 Å². The third-order valence-corrected chi connectivity index (χ3v) is 3.89. The second-order valence-electron chi connectivity index (χ2n) is 5.41. The molecule has 118 valence electrons. The number of methoxy groups -OCH3 is 1. The Bertz CT molecular complexity index is 1020. The van der Waals surface area contributed by atoms with Gasteiger partial charge in [0.15, 0.2) is 5.58 Å². The van der Waals surface area contributed by atoms with Crippen molar-refractivity contribution in [2.24, 2.45) is 0 Å². The van der Waals surface area contributed by atoms with Gasteiger partial charge < -0.3 is 9.15 Å². The largest absolute Gasteiger partial charge is 0.497 e. The zero-order valence-electron chi connectivity index (χ0n) is 13.0. The first kappa shape index (κ1) is 14.5. The van der Waals surface area contributed by atoms with E-state index < -0.39 is 0 Å². The van der Waals surface area contributed by atoms with Crippen LogP contribution in [0.15, 0.2) is 71.1 Å². The molecule has 0 aliphatic carbocycles. The van der Waals surface area contributed by atoms with E-state index in [4.69, 9.17) is 9.15 Å². The number of halogens is 1. The summed E-state index contributed by atoms with van der Waals surface area (Å²) in [6, 6.07) is 19.7. The first-order valence-electron chi connectivity index (χ1n) is 7.54. The number of benzene rings is 3. The molecule has 0 saturated heterocycles. The maximum Gasteiger partial charge on any atom is 0.227 e. The van der Waals surface area contributed by atoms with Crippen molar-refractivity contribution in [1.82, 2.24) is 4.98 Å². The van der Waals surface area contributed by atoms with E-state index in [1.54, 1.807) is 19.2 Å². The van der Waals surface area contributed by atoms with Crippen LogP contribution in [0, 0.1) is 5.82 Å². The van der Waals surface area contributed by atoms with Crippen LogP contribution in [-0.2, 0) is 0 Å². The highest BCUT2D eigenvalue weighted by Gasteiger charge is 2.11. The van der Waals surface area contributed by atoms with Gasteiger partial charge in [-0.2, -0.15) is 0 Å². The average molecular weight is 319 g/mol. The van der Waals surface area contributed by atoms with Crippen molar-refractivity contribution in [3.05, 3.63) is 72.5 Å². The van der Waals surface area contributed by atoms with E-state index in [2.05, 4.69) is 4.98 Å². The fourth-order valence-electron chi connectivity index (χ4n) is 2.67. The summed E-state index contributed by atoms with van der Waals surface area (Å²) in [5.74, 6) is 0.987. The maximum absolute atomic E-state index is 14.0. The molecule has 0 N–H and O–H groups in total. The Labute approximate surface area is 138 Å². The van der Waals surface area contributed by atoms with Crippen molar-refractivity contribution in [2.45, 2.75) is 0 Å². The molecule has 0 saturated carbocycles. The number of fused-ring (bicyclic) bond motifs is 1. The van der Waals surface area contributed by atoms with Crippen LogP contribution in [0.3, 0.4) is 0 Å². The summed E-state index contributed by atoms with van der Waals surface area (Å²) in [6.07, 6.45) is 0. The highest BCUT2D eigenvalue weighted by atomic mass is 19.1. The zero-order valence-corrected chi connectivity index (χ0v) is 13.0. The molecule has 0 aliphatic heterocycles. The van der Waals surface area contributed by atoms with E-state index >= 15 is 0 Å². The summed E-state index contributed by atoms with van der Waals surface area (Å²) < 4.78 is 25.1. The van der Waals surface area contributed by atoms with E-state index in [1.165, 1.54) is 6.07 Å². The van der Waals surface area contributed by atoms with Crippen molar-refractivity contribution in [3.63, 3.8) is 0 Å².